The number of halogens is 1. The first-order valence-electron chi connectivity index (χ1n) is 9.30. The Morgan fingerprint density at radius 3 is 2.52 bits per heavy atom. The Balaban J connectivity index is 1.32. The van der Waals surface area contributed by atoms with Crippen molar-refractivity contribution < 1.29 is 14.3 Å². The first-order chi connectivity index (χ1) is 13.1. The molecule has 0 saturated carbocycles. The highest BCUT2D eigenvalue weighted by Crippen LogP contribution is 2.21. The first-order valence-corrected chi connectivity index (χ1v) is 9.68. The van der Waals surface area contributed by atoms with Gasteiger partial charge in [0.25, 0.3) is 5.91 Å². The van der Waals surface area contributed by atoms with E-state index in [4.69, 9.17) is 16.0 Å². The number of nitrogens with zero attached hydrogens (tertiary/aromatic N) is 3. The van der Waals surface area contributed by atoms with Crippen molar-refractivity contribution in [2.24, 2.45) is 0 Å². The highest BCUT2D eigenvalue weighted by Gasteiger charge is 2.38. The van der Waals surface area contributed by atoms with E-state index >= 15 is 0 Å². The van der Waals surface area contributed by atoms with Crippen LogP contribution in [0.2, 0.25) is 5.02 Å². The van der Waals surface area contributed by atoms with Gasteiger partial charge in [-0.2, -0.15) is 0 Å². The van der Waals surface area contributed by atoms with Gasteiger partial charge in [0.1, 0.15) is 0 Å². The number of carbonyl (C=O) groups excluding carboxylic acids is 1. The topological polar surface area (TPSA) is 60.2 Å². The maximum absolute atomic E-state index is 12.7. The number of aliphatic hydroxyl groups is 1. The third-order valence-corrected chi connectivity index (χ3v) is 5.75. The molecule has 1 N–H and O–H groups in total. The second-order valence-corrected chi connectivity index (χ2v) is 7.73. The van der Waals surface area contributed by atoms with Crippen molar-refractivity contribution in [1.29, 1.82) is 0 Å². The average Bonchev–Trinajstić information content (AvgIpc) is 3.32. The molecule has 1 aromatic carbocycles. The number of aliphatic hydroxyl groups excluding tert-OH is 1. The summed E-state index contributed by atoms with van der Waals surface area (Å²) in [6.45, 7) is 5.49. The molecule has 2 atom stereocenters. The molecule has 27 heavy (non-hydrogen) atoms. The van der Waals surface area contributed by atoms with Crippen molar-refractivity contribution in [2.45, 2.75) is 18.7 Å². The lowest BCUT2D eigenvalue weighted by Crippen LogP contribution is -2.53. The van der Waals surface area contributed by atoms with Gasteiger partial charge in [0.2, 0.25) is 0 Å². The fourth-order valence-corrected chi connectivity index (χ4v) is 4.09. The Bertz CT molecular complexity index is 757. The highest BCUT2D eigenvalue weighted by atomic mass is 35.5. The van der Waals surface area contributed by atoms with Crippen LogP contribution < -0.4 is 0 Å². The zero-order chi connectivity index (χ0) is 18.8. The number of benzene rings is 1. The van der Waals surface area contributed by atoms with E-state index in [0.29, 0.717) is 23.7 Å². The number of furan rings is 1. The number of likely N-dealkylation sites (tertiary alicyclic amines) is 1. The second kappa shape index (κ2) is 8.02. The molecule has 0 bridgehead atoms. The summed E-state index contributed by atoms with van der Waals surface area (Å²) in [5.41, 5.74) is 1.79. The number of piperazine rings is 1. The predicted molar refractivity (Wildman–Crippen MR) is 103 cm³/mol. The van der Waals surface area contributed by atoms with Gasteiger partial charge >= 0.3 is 0 Å². The lowest BCUT2D eigenvalue weighted by atomic mass is 10.1. The molecule has 0 aliphatic carbocycles. The lowest BCUT2D eigenvalue weighted by Gasteiger charge is -2.38. The van der Waals surface area contributed by atoms with Crippen LogP contribution in [0.1, 0.15) is 15.9 Å². The summed E-state index contributed by atoms with van der Waals surface area (Å²) in [5, 5.41) is 11.2. The van der Waals surface area contributed by atoms with Gasteiger partial charge in [-0.3, -0.25) is 14.6 Å². The van der Waals surface area contributed by atoms with Gasteiger partial charge in [-0.25, -0.2) is 0 Å². The quantitative estimate of drug-likeness (QED) is 0.865. The number of rotatable bonds is 4. The monoisotopic (exact) mass is 389 g/mol. The lowest BCUT2D eigenvalue weighted by molar-refractivity contribution is 0.0423. The van der Waals surface area contributed by atoms with E-state index in [9.17, 15) is 9.90 Å². The van der Waals surface area contributed by atoms with Crippen molar-refractivity contribution in [3.8, 4) is 0 Å². The molecule has 3 heterocycles. The minimum absolute atomic E-state index is 0.00248. The summed E-state index contributed by atoms with van der Waals surface area (Å²) >= 11 is 5.90. The zero-order valence-electron chi connectivity index (χ0n) is 15.1. The van der Waals surface area contributed by atoms with Gasteiger partial charge < -0.3 is 14.4 Å². The van der Waals surface area contributed by atoms with Gasteiger partial charge in [-0.15, -0.1) is 0 Å². The van der Waals surface area contributed by atoms with Crippen LogP contribution >= 0.6 is 11.6 Å². The smallest absolute Gasteiger partial charge is 0.253 e. The molecule has 2 aromatic rings. The Labute approximate surface area is 163 Å². The molecule has 2 saturated heterocycles. The van der Waals surface area contributed by atoms with Gasteiger partial charge in [0.15, 0.2) is 0 Å². The largest absolute Gasteiger partial charge is 0.472 e. The van der Waals surface area contributed by atoms with Crippen molar-refractivity contribution in [1.82, 2.24) is 14.7 Å². The summed E-state index contributed by atoms with van der Waals surface area (Å²) < 4.78 is 5.13. The van der Waals surface area contributed by atoms with E-state index in [1.807, 2.05) is 6.07 Å². The Kier molecular flexibility index (Phi) is 5.50. The molecule has 2 fully saturated rings. The van der Waals surface area contributed by atoms with Gasteiger partial charge in [-0.05, 0) is 30.3 Å². The molecule has 144 valence electrons. The zero-order valence-corrected chi connectivity index (χ0v) is 15.9. The third kappa shape index (κ3) is 4.19. The van der Waals surface area contributed by atoms with Crippen LogP contribution in [0.25, 0.3) is 0 Å². The van der Waals surface area contributed by atoms with Crippen LogP contribution in [-0.2, 0) is 6.54 Å². The minimum atomic E-state index is -0.512. The SMILES string of the molecule is O=C(c1ccc(Cl)cc1)N1CC(O)C(N2CCN(Cc3ccoc3)CC2)C1. The molecule has 2 unspecified atom stereocenters. The minimum Gasteiger partial charge on any atom is -0.472 e. The van der Waals surface area contributed by atoms with Crippen LogP contribution in [0.3, 0.4) is 0 Å². The molecule has 0 spiro atoms. The molecule has 4 rings (SSSR count). The Morgan fingerprint density at radius 1 is 1.11 bits per heavy atom. The van der Waals surface area contributed by atoms with Crippen molar-refractivity contribution in [3.63, 3.8) is 0 Å². The van der Waals surface area contributed by atoms with E-state index in [1.165, 1.54) is 5.56 Å². The fourth-order valence-electron chi connectivity index (χ4n) is 3.96. The first kappa shape index (κ1) is 18.5. The normalized spacial score (nSPS) is 24.4. The Morgan fingerprint density at radius 2 is 1.85 bits per heavy atom. The van der Waals surface area contributed by atoms with Crippen LogP contribution in [0.5, 0.6) is 0 Å². The summed E-state index contributed by atoms with van der Waals surface area (Å²) in [4.78, 5) is 19.1. The number of hydrogen-bond donors (Lipinski definition) is 1. The predicted octanol–water partition coefficient (Wildman–Crippen LogP) is 1.94. The van der Waals surface area contributed by atoms with Crippen LogP contribution in [0.4, 0.5) is 0 Å². The molecule has 2 aliphatic heterocycles. The maximum Gasteiger partial charge on any atom is 0.253 e. The highest BCUT2D eigenvalue weighted by molar-refractivity contribution is 6.30. The molecule has 0 radical (unpaired) electrons. The van der Waals surface area contributed by atoms with Crippen LogP contribution in [0, 0.1) is 0 Å². The number of β-amino-alcohol motifs (C(OH)–C–C–N with tert-alkyl or cyclic N) is 1. The second-order valence-electron chi connectivity index (χ2n) is 7.30. The van der Waals surface area contributed by atoms with Crippen LogP contribution in [0.15, 0.2) is 47.3 Å². The molecular weight excluding hydrogens is 366 g/mol. The van der Waals surface area contributed by atoms with Crippen molar-refractivity contribution in [3.05, 3.63) is 59.0 Å². The molecule has 6 nitrogen and oxygen atoms in total. The fraction of sp³-hybridized carbons (Fsp3) is 0.450. The molecule has 1 aromatic heterocycles. The van der Waals surface area contributed by atoms with Gasteiger partial charge in [-0.1, -0.05) is 11.6 Å². The molecule has 7 heteroatoms. The van der Waals surface area contributed by atoms with E-state index in [1.54, 1.807) is 41.7 Å². The summed E-state index contributed by atoms with van der Waals surface area (Å²) in [5.74, 6) is -0.0492. The van der Waals surface area contributed by atoms with Gasteiger partial charge in [0.05, 0.1) is 24.7 Å². The van der Waals surface area contributed by atoms with E-state index in [-0.39, 0.29) is 11.9 Å². The molecule has 1 amide bonds. The van der Waals surface area contributed by atoms with E-state index < -0.39 is 6.10 Å². The summed E-state index contributed by atoms with van der Waals surface area (Å²) in [7, 11) is 0. The van der Waals surface area contributed by atoms with E-state index in [0.717, 1.165) is 32.7 Å². The Hall–Kier alpha value is -1.86. The van der Waals surface area contributed by atoms with Gasteiger partial charge in [0, 0.05) is 62.0 Å². The van der Waals surface area contributed by atoms with Crippen molar-refractivity contribution >= 4 is 17.5 Å². The molecular formula is C20H24ClN3O3. The molecule has 2 aliphatic rings. The van der Waals surface area contributed by atoms with Crippen LogP contribution in [-0.4, -0.2) is 77.1 Å². The number of hydrogen-bond acceptors (Lipinski definition) is 5. The average molecular weight is 390 g/mol. The standard InChI is InChI=1S/C20H24ClN3O3/c21-17-3-1-16(2-4-17)20(26)24-12-18(19(25)13-24)23-8-6-22(7-9-23)11-15-5-10-27-14-15/h1-5,10,14,18-19,25H,6-9,11-13H2. The number of amides is 1. The third-order valence-electron chi connectivity index (χ3n) is 5.50. The summed E-state index contributed by atoms with van der Waals surface area (Å²) in [6.07, 6.45) is 2.97. The maximum atomic E-state index is 12.7. The number of carbonyl (C=O) groups is 1. The van der Waals surface area contributed by atoms with Crippen molar-refractivity contribution in [2.75, 3.05) is 39.3 Å². The summed E-state index contributed by atoms with van der Waals surface area (Å²) in [6, 6.07) is 8.90. The van der Waals surface area contributed by atoms with E-state index in [2.05, 4.69) is 9.80 Å².